The highest BCUT2D eigenvalue weighted by molar-refractivity contribution is 7.85. The molecule has 226 valence electrons. The molecule has 6 nitrogen and oxygen atoms in total. The first-order valence-corrected chi connectivity index (χ1v) is 17.0. The van der Waals surface area contributed by atoms with Crippen molar-refractivity contribution in [3.05, 3.63) is 29.8 Å². The van der Waals surface area contributed by atoms with Crippen LogP contribution in [0.3, 0.4) is 0 Å². The van der Waals surface area contributed by atoms with Crippen molar-refractivity contribution in [1.82, 2.24) is 4.90 Å². The minimum Gasteiger partial charge on any atom is -0.327 e. The second-order valence-corrected chi connectivity index (χ2v) is 13.5. The number of amides is 1. The number of carbonyl (C=O) groups is 1. The molecule has 1 aliphatic rings. The van der Waals surface area contributed by atoms with Crippen molar-refractivity contribution < 1.29 is 17.8 Å². The highest BCUT2D eigenvalue weighted by Gasteiger charge is 2.35. The summed E-state index contributed by atoms with van der Waals surface area (Å²) >= 11 is 0. The molecule has 7 heteroatoms. The summed E-state index contributed by atoms with van der Waals surface area (Å²) in [5.41, 5.74) is 7.39. The van der Waals surface area contributed by atoms with Crippen molar-refractivity contribution in [2.45, 2.75) is 154 Å². The van der Waals surface area contributed by atoms with E-state index in [0.717, 1.165) is 24.9 Å². The van der Waals surface area contributed by atoms with Gasteiger partial charge in [0.25, 0.3) is 10.1 Å². The minimum absolute atomic E-state index is 0.0243. The van der Waals surface area contributed by atoms with Gasteiger partial charge in [0.2, 0.25) is 5.91 Å². The zero-order valence-corrected chi connectivity index (χ0v) is 26.2. The van der Waals surface area contributed by atoms with Gasteiger partial charge >= 0.3 is 0 Å². The fourth-order valence-corrected chi connectivity index (χ4v) is 5.68. The largest absolute Gasteiger partial charge is 0.327 e. The summed E-state index contributed by atoms with van der Waals surface area (Å²) in [6.45, 7) is 9.44. The van der Waals surface area contributed by atoms with E-state index in [9.17, 15) is 13.2 Å². The van der Waals surface area contributed by atoms with Gasteiger partial charge in [0.05, 0.1) is 11.1 Å². The molecule has 1 fully saturated rings. The molecule has 39 heavy (non-hydrogen) atoms. The van der Waals surface area contributed by atoms with Gasteiger partial charge in [0.15, 0.2) is 0 Å². The number of benzene rings is 1. The topological polar surface area (TPSA) is 101 Å². The molecule has 0 aromatic heterocycles. The Balaban J connectivity index is 0.000000573. The Bertz CT molecular complexity index is 884. The quantitative estimate of drug-likeness (QED) is 0.129. The molecule has 1 atom stereocenters. The van der Waals surface area contributed by atoms with Gasteiger partial charge < -0.3 is 10.6 Å². The van der Waals surface area contributed by atoms with E-state index in [2.05, 4.69) is 20.8 Å². The first-order valence-electron chi connectivity index (χ1n) is 15.6. The van der Waals surface area contributed by atoms with E-state index in [1.54, 1.807) is 12.1 Å². The van der Waals surface area contributed by atoms with Crippen LogP contribution in [0.1, 0.15) is 142 Å². The third-order valence-electron chi connectivity index (χ3n) is 7.99. The Hall–Kier alpha value is -1.44. The van der Waals surface area contributed by atoms with E-state index in [-0.39, 0.29) is 22.4 Å². The number of nitrogens with zero attached hydrogens (tertiary/aromatic N) is 1. The van der Waals surface area contributed by atoms with Crippen molar-refractivity contribution in [2.75, 3.05) is 6.54 Å². The predicted octanol–water partition coefficient (Wildman–Crippen LogP) is 8.42. The fourth-order valence-electron chi connectivity index (χ4n) is 5.20. The Morgan fingerprint density at radius 1 is 0.846 bits per heavy atom. The summed E-state index contributed by atoms with van der Waals surface area (Å²) in [6.07, 6.45) is 23.6. The molecular weight excluding hydrogens is 508 g/mol. The van der Waals surface area contributed by atoms with Crippen molar-refractivity contribution >= 4 is 16.0 Å². The highest BCUT2D eigenvalue weighted by atomic mass is 32.2. The molecule has 0 saturated carbocycles. The summed E-state index contributed by atoms with van der Waals surface area (Å²) in [5, 5.41) is 0. The molecule has 1 aromatic rings. The van der Waals surface area contributed by atoms with Crippen LogP contribution in [0, 0.1) is 12.3 Å². The lowest BCUT2D eigenvalue weighted by atomic mass is 9.83. The zero-order chi connectivity index (χ0) is 29.2. The maximum atomic E-state index is 11.9. The van der Waals surface area contributed by atoms with E-state index in [1.807, 2.05) is 11.8 Å². The van der Waals surface area contributed by atoms with Crippen LogP contribution >= 0.6 is 0 Å². The van der Waals surface area contributed by atoms with Crippen LogP contribution < -0.4 is 5.73 Å². The number of hydrogen-bond acceptors (Lipinski definition) is 4. The molecule has 1 heterocycles. The Morgan fingerprint density at radius 2 is 1.28 bits per heavy atom. The molecule has 1 unspecified atom stereocenters. The van der Waals surface area contributed by atoms with E-state index < -0.39 is 10.1 Å². The number of hydrogen-bond donors (Lipinski definition) is 2. The highest BCUT2D eigenvalue weighted by Crippen LogP contribution is 2.31. The third-order valence-corrected chi connectivity index (χ3v) is 8.86. The number of carbonyl (C=O) groups excluding carboxylic acids is 1. The monoisotopic (exact) mass is 566 g/mol. The third kappa shape index (κ3) is 15.8. The Morgan fingerprint density at radius 3 is 1.67 bits per heavy atom. The van der Waals surface area contributed by atoms with Crippen LogP contribution in [0.2, 0.25) is 0 Å². The van der Waals surface area contributed by atoms with Gasteiger partial charge in [-0.15, -0.1) is 0 Å². The van der Waals surface area contributed by atoms with Crippen LogP contribution in [0.5, 0.6) is 0 Å². The number of rotatable bonds is 19. The molecular formula is C32H58N2O4S. The van der Waals surface area contributed by atoms with E-state index in [1.165, 1.54) is 108 Å². The minimum atomic E-state index is -4.02. The van der Waals surface area contributed by atoms with Gasteiger partial charge in [-0.3, -0.25) is 9.35 Å². The molecule has 0 spiro atoms. The smallest absolute Gasteiger partial charge is 0.294 e. The second-order valence-electron chi connectivity index (χ2n) is 12.1. The molecule has 2 rings (SSSR count). The van der Waals surface area contributed by atoms with E-state index >= 15 is 0 Å². The molecule has 1 aliphatic heterocycles. The average molecular weight is 567 g/mol. The van der Waals surface area contributed by atoms with Crippen LogP contribution in [-0.4, -0.2) is 36.5 Å². The number of unbranched alkanes of at least 4 members (excludes halogenated alkanes) is 14. The van der Waals surface area contributed by atoms with Gasteiger partial charge in [-0.1, -0.05) is 135 Å². The summed E-state index contributed by atoms with van der Waals surface area (Å²) in [6, 6.07) is 5.99. The lowest BCUT2D eigenvalue weighted by Crippen LogP contribution is -2.51. The van der Waals surface area contributed by atoms with Crippen molar-refractivity contribution in [3.8, 4) is 0 Å². The van der Waals surface area contributed by atoms with Crippen molar-refractivity contribution in [3.63, 3.8) is 0 Å². The first kappa shape index (κ1) is 35.6. The number of nitrogens with two attached hydrogens (primary N) is 1. The maximum Gasteiger partial charge on any atom is 0.294 e. The van der Waals surface area contributed by atoms with Gasteiger partial charge in [0.1, 0.15) is 0 Å². The molecule has 1 amide bonds. The molecule has 1 aromatic carbocycles. The van der Waals surface area contributed by atoms with Crippen molar-refractivity contribution in [2.24, 2.45) is 11.1 Å². The van der Waals surface area contributed by atoms with Crippen LogP contribution in [0.25, 0.3) is 0 Å². The second kappa shape index (κ2) is 19.6. The summed E-state index contributed by atoms with van der Waals surface area (Å²) < 4.78 is 29.6. The predicted molar refractivity (Wildman–Crippen MR) is 163 cm³/mol. The zero-order valence-electron chi connectivity index (χ0n) is 25.4. The molecule has 0 bridgehead atoms. The molecule has 0 radical (unpaired) electrons. The normalized spacial score (nSPS) is 14.8. The first-order chi connectivity index (χ1) is 18.5. The van der Waals surface area contributed by atoms with Crippen LogP contribution in [0.15, 0.2) is 29.2 Å². The van der Waals surface area contributed by atoms with Crippen LogP contribution in [0.4, 0.5) is 0 Å². The average Bonchev–Trinajstić information content (AvgIpc) is 3.31. The SMILES string of the molecule is CCCCCCCCCCCCCCCCCC(C)(C)C(N)N1CCCC1=O.Cc1ccc(S(=O)(=O)O)cc1. The van der Waals surface area contributed by atoms with Gasteiger partial charge in [-0.25, -0.2) is 0 Å². The maximum absolute atomic E-state index is 11.9. The lowest BCUT2D eigenvalue weighted by molar-refractivity contribution is -0.132. The van der Waals surface area contributed by atoms with E-state index in [0.29, 0.717) is 6.42 Å². The van der Waals surface area contributed by atoms with Gasteiger partial charge in [-0.05, 0) is 37.3 Å². The summed E-state index contributed by atoms with van der Waals surface area (Å²) in [4.78, 5) is 13.8. The Labute approximate surface area is 240 Å². The van der Waals surface area contributed by atoms with Gasteiger partial charge in [0, 0.05) is 13.0 Å². The summed E-state index contributed by atoms with van der Waals surface area (Å²) in [7, 11) is -4.02. The Kier molecular flexibility index (Phi) is 17.9. The van der Waals surface area contributed by atoms with Crippen molar-refractivity contribution in [1.29, 1.82) is 0 Å². The van der Waals surface area contributed by atoms with Crippen LogP contribution in [-0.2, 0) is 14.9 Å². The standard InChI is InChI=1S/C25H50N2O.C7H8O3S/c1-4-5-6-7-8-9-10-11-12-13-14-15-16-17-18-21-25(2,3)24(26)27-22-19-20-23(27)28;1-6-2-4-7(5-3-6)11(8,9)10/h24H,4-22,26H2,1-3H3;2-5H,1H3,(H,8,9,10). The van der Waals surface area contributed by atoms with E-state index in [4.69, 9.17) is 10.3 Å². The lowest BCUT2D eigenvalue weighted by Gasteiger charge is -2.37. The molecule has 0 aliphatic carbocycles. The molecule has 3 N–H and O–H groups in total. The summed E-state index contributed by atoms with van der Waals surface area (Å²) in [5.74, 6) is 0.247. The number of likely N-dealkylation sites (tertiary alicyclic amines) is 1. The van der Waals surface area contributed by atoms with Gasteiger partial charge in [-0.2, -0.15) is 8.42 Å². The molecule has 1 saturated heterocycles. The number of aryl methyl sites for hydroxylation is 1. The fraction of sp³-hybridized carbons (Fsp3) is 0.781.